The first-order chi connectivity index (χ1) is 16.6. The molecule has 34 heavy (non-hydrogen) atoms. The Kier molecular flexibility index (Phi) is 5.82. The second kappa shape index (κ2) is 9.11. The lowest BCUT2D eigenvalue weighted by atomic mass is 10.1. The molecule has 1 aromatic carbocycles. The maximum atomic E-state index is 12.5. The molecule has 0 bridgehead atoms. The number of rotatable bonds is 5. The van der Waals surface area contributed by atoms with Crippen molar-refractivity contribution >= 4 is 40.8 Å². The van der Waals surface area contributed by atoms with Crippen LogP contribution < -0.4 is 20.4 Å². The summed E-state index contributed by atoms with van der Waals surface area (Å²) in [7, 11) is 0. The molecule has 3 fully saturated rings. The summed E-state index contributed by atoms with van der Waals surface area (Å²) in [6.45, 7) is 5.49. The van der Waals surface area contributed by atoms with Gasteiger partial charge in [0, 0.05) is 74.3 Å². The van der Waals surface area contributed by atoms with Crippen LogP contribution in [0.15, 0.2) is 36.5 Å². The van der Waals surface area contributed by atoms with Crippen molar-refractivity contribution in [2.24, 2.45) is 0 Å². The smallest absolute Gasteiger partial charge is 0.251 e. The van der Waals surface area contributed by atoms with Gasteiger partial charge in [-0.2, -0.15) is 11.8 Å². The number of thioether (sulfide) groups is 1. The number of benzene rings is 1. The number of carbonyl (C=O) groups excluding carboxylic acids is 2. The highest BCUT2D eigenvalue weighted by Gasteiger charge is 2.36. The van der Waals surface area contributed by atoms with E-state index in [9.17, 15) is 9.59 Å². The molecule has 4 heterocycles. The number of aromatic nitrogens is 1. The number of amides is 2. The minimum atomic E-state index is -0.0978. The van der Waals surface area contributed by atoms with Crippen LogP contribution in [0.3, 0.4) is 0 Å². The van der Waals surface area contributed by atoms with Gasteiger partial charge in [0.2, 0.25) is 5.91 Å². The van der Waals surface area contributed by atoms with Crippen LogP contribution in [0.25, 0.3) is 0 Å². The molecular formula is C25H30N6O2S. The highest BCUT2D eigenvalue weighted by Crippen LogP contribution is 2.34. The molecule has 3 aliphatic heterocycles. The summed E-state index contributed by atoms with van der Waals surface area (Å²) < 4.78 is 0. The van der Waals surface area contributed by atoms with Crippen molar-refractivity contribution in [3.63, 3.8) is 0 Å². The summed E-state index contributed by atoms with van der Waals surface area (Å²) in [6, 6.07) is 10.3. The number of hydrogen-bond donors (Lipinski definition) is 2. The van der Waals surface area contributed by atoms with E-state index < -0.39 is 0 Å². The van der Waals surface area contributed by atoms with Crippen LogP contribution in [-0.4, -0.2) is 78.0 Å². The largest absolute Gasteiger partial charge is 0.369 e. The molecule has 1 aliphatic carbocycles. The first-order valence-corrected chi connectivity index (χ1v) is 13.3. The molecule has 4 aliphatic rings. The molecule has 2 aromatic rings. The molecule has 1 aromatic heterocycles. The van der Waals surface area contributed by atoms with E-state index in [-0.39, 0.29) is 17.9 Å². The number of nitrogens with zero attached hydrogens (tertiary/aromatic N) is 4. The molecule has 6 rings (SSSR count). The molecule has 2 amide bonds. The van der Waals surface area contributed by atoms with Crippen LogP contribution in [0, 0.1) is 0 Å². The molecule has 1 atom stereocenters. The van der Waals surface area contributed by atoms with Gasteiger partial charge in [0.25, 0.3) is 5.91 Å². The average molecular weight is 479 g/mol. The van der Waals surface area contributed by atoms with E-state index in [1.165, 1.54) is 0 Å². The fourth-order valence-electron chi connectivity index (χ4n) is 4.94. The third kappa shape index (κ3) is 4.46. The van der Waals surface area contributed by atoms with Crippen LogP contribution in [0.5, 0.6) is 0 Å². The molecule has 9 heteroatoms. The normalized spacial score (nSPS) is 22.6. The monoisotopic (exact) mass is 478 g/mol. The minimum Gasteiger partial charge on any atom is -0.369 e. The summed E-state index contributed by atoms with van der Waals surface area (Å²) >= 11 is 1.83. The quantitative estimate of drug-likeness (QED) is 0.682. The molecule has 0 radical (unpaired) electrons. The fourth-order valence-corrected chi connectivity index (χ4v) is 5.99. The molecule has 178 valence electrons. The lowest BCUT2D eigenvalue weighted by Gasteiger charge is -2.40. The third-order valence-corrected chi connectivity index (χ3v) is 8.09. The van der Waals surface area contributed by atoms with Gasteiger partial charge >= 0.3 is 0 Å². The van der Waals surface area contributed by atoms with Gasteiger partial charge in [-0.3, -0.25) is 14.5 Å². The van der Waals surface area contributed by atoms with Crippen molar-refractivity contribution < 1.29 is 9.59 Å². The predicted molar refractivity (Wildman–Crippen MR) is 136 cm³/mol. The molecule has 0 spiro atoms. The van der Waals surface area contributed by atoms with Crippen molar-refractivity contribution in [2.75, 3.05) is 59.3 Å². The Hall–Kier alpha value is -2.78. The van der Waals surface area contributed by atoms with Gasteiger partial charge in [0.1, 0.15) is 6.04 Å². The number of piperazine rings is 1. The molecule has 0 unspecified atom stereocenters. The van der Waals surface area contributed by atoms with Crippen LogP contribution in [0.4, 0.5) is 17.2 Å². The zero-order chi connectivity index (χ0) is 23.1. The highest BCUT2D eigenvalue weighted by atomic mass is 32.2. The third-order valence-electron chi connectivity index (χ3n) is 7.07. The number of carbonyl (C=O) groups is 2. The summed E-state index contributed by atoms with van der Waals surface area (Å²) in [4.78, 5) is 36.5. The minimum absolute atomic E-state index is 0.0309. The van der Waals surface area contributed by atoms with Gasteiger partial charge < -0.3 is 20.4 Å². The van der Waals surface area contributed by atoms with Gasteiger partial charge in [-0.1, -0.05) is 0 Å². The van der Waals surface area contributed by atoms with E-state index in [0.717, 1.165) is 91.9 Å². The Balaban J connectivity index is 1.05. The second-order valence-electron chi connectivity index (χ2n) is 9.55. The Morgan fingerprint density at radius 3 is 2.68 bits per heavy atom. The topological polar surface area (TPSA) is 80.8 Å². The van der Waals surface area contributed by atoms with Crippen LogP contribution in [-0.2, 0) is 11.3 Å². The Labute approximate surface area is 204 Å². The van der Waals surface area contributed by atoms with Crippen molar-refractivity contribution in [1.29, 1.82) is 0 Å². The number of hydrogen-bond acceptors (Lipinski definition) is 7. The Morgan fingerprint density at radius 2 is 1.91 bits per heavy atom. The number of pyridine rings is 1. The van der Waals surface area contributed by atoms with Gasteiger partial charge in [0.15, 0.2) is 5.82 Å². The zero-order valence-corrected chi connectivity index (χ0v) is 20.0. The van der Waals surface area contributed by atoms with E-state index in [2.05, 4.69) is 43.5 Å². The second-order valence-corrected chi connectivity index (χ2v) is 10.7. The van der Waals surface area contributed by atoms with Gasteiger partial charge in [-0.25, -0.2) is 4.98 Å². The summed E-state index contributed by atoms with van der Waals surface area (Å²) in [5.74, 6) is 2.89. The van der Waals surface area contributed by atoms with Crippen molar-refractivity contribution in [1.82, 2.24) is 15.2 Å². The Bertz CT molecular complexity index is 1080. The molecule has 8 nitrogen and oxygen atoms in total. The van der Waals surface area contributed by atoms with Gasteiger partial charge in [-0.15, -0.1) is 0 Å². The summed E-state index contributed by atoms with van der Waals surface area (Å²) in [5.41, 5.74) is 3.87. The summed E-state index contributed by atoms with van der Waals surface area (Å²) in [6.07, 6.45) is 4.16. The highest BCUT2D eigenvalue weighted by molar-refractivity contribution is 7.99. The van der Waals surface area contributed by atoms with Crippen LogP contribution >= 0.6 is 11.8 Å². The van der Waals surface area contributed by atoms with Gasteiger partial charge in [0.05, 0.1) is 5.69 Å². The first-order valence-electron chi connectivity index (χ1n) is 12.2. The van der Waals surface area contributed by atoms with E-state index in [1.807, 2.05) is 30.1 Å². The fraction of sp³-hybridized carbons (Fsp3) is 0.480. The standard InChI is InChI=1S/C25H30N6O2S/c32-24(27-19-3-4-19)18-1-5-20(6-2-18)30-9-7-29(8-10-30)15-17-13-21-23(26-14-17)31-11-12-34-16-22(31)25(33)28-21/h1-2,5-6,13-14,19,22H,3-4,7-12,15-16H2,(H,27,32)(H,28,33)/t22-/m0/s1. The van der Waals surface area contributed by atoms with Crippen molar-refractivity contribution in [3.05, 3.63) is 47.7 Å². The molecule has 2 N–H and O–H groups in total. The van der Waals surface area contributed by atoms with E-state index in [1.54, 1.807) is 0 Å². The SMILES string of the molecule is O=C(NC1CC1)c1ccc(N2CCN(Cc3cnc4c(c3)NC(=O)[C@@H]3CSCCN43)CC2)cc1. The molecular weight excluding hydrogens is 448 g/mol. The molecule has 1 saturated carbocycles. The number of anilines is 3. The first kappa shape index (κ1) is 21.7. The molecule has 2 saturated heterocycles. The maximum Gasteiger partial charge on any atom is 0.251 e. The van der Waals surface area contributed by atoms with Crippen molar-refractivity contribution in [2.45, 2.75) is 31.5 Å². The zero-order valence-electron chi connectivity index (χ0n) is 19.2. The predicted octanol–water partition coefficient (Wildman–Crippen LogP) is 2.17. The maximum absolute atomic E-state index is 12.5. The summed E-state index contributed by atoms with van der Waals surface area (Å²) in [5, 5.41) is 6.12. The van der Waals surface area contributed by atoms with Gasteiger partial charge in [-0.05, 0) is 48.7 Å². The van der Waals surface area contributed by atoms with Crippen LogP contribution in [0.2, 0.25) is 0 Å². The average Bonchev–Trinajstić information content (AvgIpc) is 3.69. The lowest BCUT2D eigenvalue weighted by molar-refractivity contribution is -0.117. The number of nitrogens with one attached hydrogen (secondary N) is 2. The van der Waals surface area contributed by atoms with Crippen molar-refractivity contribution in [3.8, 4) is 0 Å². The van der Waals surface area contributed by atoms with E-state index >= 15 is 0 Å². The number of fused-ring (bicyclic) bond motifs is 3. The van der Waals surface area contributed by atoms with E-state index in [0.29, 0.717) is 6.04 Å². The van der Waals surface area contributed by atoms with Crippen LogP contribution in [0.1, 0.15) is 28.8 Å². The lowest BCUT2D eigenvalue weighted by Crippen LogP contribution is -2.53. The Morgan fingerprint density at radius 1 is 1.12 bits per heavy atom. The van der Waals surface area contributed by atoms with E-state index in [4.69, 9.17) is 4.98 Å².